The van der Waals surface area contributed by atoms with Crippen molar-refractivity contribution in [2.45, 2.75) is 19.4 Å². The zero-order valence-electron chi connectivity index (χ0n) is 7.61. The van der Waals surface area contributed by atoms with Crippen molar-refractivity contribution in [2.24, 2.45) is 5.73 Å². The Morgan fingerprint density at radius 1 is 1.85 bits per heavy atom. The molecule has 5 heteroatoms. The SMILES string of the molecule is CCOC(=O)C(C)(N)c1nccs1. The van der Waals surface area contributed by atoms with Gasteiger partial charge in [0.15, 0.2) is 5.54 Å². The van der Waals surface area contributed by atoms with Gasteiger partial charge >= 0.3 is 5.97 Å². The Kier molecular flexibility index (Phi) is 3.00. The van der Waals surface area contributed by atoms with E-state index in [1.165, 1.54) is 11.3 Å². The summed E-state index contributed by atoms with van der Waals surface area (Å²) in [6, 6.07) is 0. The number of aromatic nitrogens is 1. The second-order valence-corrected chi connectivity index (χ2v) is 3.65. The van der Waals surface area contributed by atoms with Crippen molar-refractivity contribution in [2.75, 3.05) is 6.61 Å². The molecule has 1 atom stereocenters. The van der Waals surface area contributed by atoms with Crippen LogP contribution in [0.2, 0.25) is 0 Å². The van der Waals surface area contributed by atoms with Crippen LogP contribution in [0.1, 0.15) is 18.9 Å². The largest absolute Gasteiger partial charge is 0.464 e. The molecule has 0 aromatic carbocycles. The summed E-state index contributed by atoms with van der Waals surface area (Å²) in [5, 5.41) is 2.35. The summed E-state index contributed by atoms with van der Waals surface area (Å²) in [7, 11) is 0. The topological polar surface area (TPSA) is 65.2 Å². The van der Waals surface area contributed by atoms with Crippen molar-refractivity contribution >= 4 is 17.3 Å². The molecule has 0 saturated carbocycles. The van der Waals surface area contributed by atoms with Crippen molar-refractivity contribution in [3.8, 4) is 0 Å². The number of carbonyl (C=O) groups is 1. The average Bonchev–Trinajstić information content (AvgIpc) is 2.56. The Morgan fingerprint density at radius 3 is 3.00 bits per heavy atom. The van der Waals surface area contributed by atoms with Crippen LogP contribution in [-0.2, 0) is 15.1 Å². The van der Waals surface area contributed by atoms with Gasteiger partial charge in [0.1, 0.15) is 5.01 Å². The highest BCUT2D eigenvalue weighted by Crippen LogP contribution is 2.21. The van der Waals surface area contributed by atoms with Crippen LogP contribution >= 0.6 is 11.3 Å². The van der Waals surface area contributed by atoms with Gasteiger partial charge in [-0.3, -0.25) is 0 Å². The average molecular weight is 200 g/mol. The van der Waals surface area contributed by atoms with Gasteiger partial charge in [0.05, 0.1) is 6.61 Å². The molecular formula is C8H12N2O2S. The quantitative estimate of drug-likeness (QED) is 0.735. The van der Waals surface area contributed by atoms with Gasteiger partial charge in [-0.2, -0.15) is 0 Å². The van der Waals surface area contributed by atoms with E-state index in [2.05, 4.69) is 4.98 Å². The van der Waals surface area contributed by atoms with Crippen LogP contribution in [-0.4, -0.2) is 17.6 Å². The van der Waals surface area contributed by atoms with Gasteiger partial charge in [0.25, 0.3) is 0 Å². The predicted octanol–water partition coefficient (Wildman–Crippen LogP) is 0.880. The maximum absolute atomic E-state index is 11.4. The van der Waals surface area contributed by atoms with Crippen LogP contribution in [0.4, 0.5) is 0 Å². The van der Waals surface area contributed by atoms with E-state index in [-0.39, 0.29) is 0 Å². The molecule has 72 valence electrons. The van der Waals surface area contributed by atoms with Crippen LogP contribution in [0.15, 0.2) is 11.6 Å². The minimum absolute atomic E-state index is 0.330. The summed E-state index contributed by atoms with van der Waals surface area (Å²) in [4.78, 5) is 15.4. The minimum atomic E-state index is -1.12. The number of hydrogen-bond donors (Lipinski definition) is 1. The summed E-state index contributed by atoms with van der Waals surface area (Å²) in [6.45, 7) is 3.68. The summed E-state index contributed by atoms with van der Waals surface area (Å²) in [6.07, 6.45) is 1.62. The molecule has 0 amide bonds. The molecule has 0 fully saturated rings. The lowest BCUT2D eigenvalue weighted by molar-refractivity contribution is -0.149. The van der Waals surface area contributed by atoms with E-state index in [0.29, 0.717) is 11.6 Å². The molecule has 0 saturated heterocycles. The molecular weight excluding hydrogens is 188 g/mol. The molecule has 0 spiro atoms. The second-order valence-electron chi connectivity index (χ2n) is 2.76. The molecule has 0 aliphatic carbocycles. The molecule has 1 aromatic heterocycles. The van der Waals surface area contributed by atoms with Crippen molar-refractivity contribution < 1.29 is 9.53 Å². The van der Waals surface area contributed by atoms with Gasteiger partial charge in [-0.25, -0.2) is 9.78 Å². The Balaban J connectivity index is 2.82. The van der Waals surface area contributed by atoms with Crippen LogP contribution in [0.25, 0.3) is 0 Å². The van der Waals surface area contributed by atoms with Crippen molar-refractivity contribution in [3.63, 3.8) is 0 Å². The number of rotatable bonds is 3. The number of nitrogens with zero attached hydrogens (tertiary/aromatic N) is 1. The summed E-state index contributed by atoms with van der Waals surface area (Å²) < 4.78 is 4.83. The molecule has 1 heterocycles. The third-order valence-electron chi connectivity index (χ3n) is 1.58. The molecule has 0 aliphatic rings. The van der Waals surface area contributed by atoms with Crippen molar-refractivity contribution in [3.05, 3.63) is 16.6 Å². The maximum atomic E-state index is 11.4. The van der Waals surface area contributed by atoms with Gasteiger partial charge in [-0.15, -0.1) is 11.3 Å². The van der Waals surface area contributed by atoms with E-state index in [4.69, 9.17) is 10.5 Å². The van der Waals surface area contributed by atoms with Gasteiger partial charge in [0, 0.05) is 11.6 Å². The van der Waals surface area contributed by atoms with Crippen LogP contribution in [0, 0.1) is 0 Å². The van der Waals surface area contributed by atoms with Crippen LogP contribution < -0.4 is 5.73 Å². The Hall–Kier alpha value is -0.940. The van der Waals surface area contributed by atoms with E-state index < -0.39 is 11.5 Å². The fourth-order valence-electron chi connectivity index (χ4n) is 0.848. The summed E-state index contributed by atoms with van der Waals surface area (Å²) >= 11 is 1.35. The fourth-order valence-corrected chi connectivity index (χ4v) is 1.55. The number of hydrogen-bond acceptors (Lipinski definition) is 5. The monoisotopic (exact) mass is 200 g/mol. The van der Waals surface area contributed by atoms with Gasteiger partial charge in [-0.1, -0.05) is 0 Å². The van der Waals surface area contributed by atoms with Crippen LogP contribution in [0.5, 0.6) is 0 Å². The van der Waals surface area contributed by atoms with Crippen molar-refractivity contribution in [1.82, 2.24) is 4.98 Å². The first-order valence-electron chi connectivity index (χ1n) is 3.95. The molecule has 0 aliphatic heterocycles. The zero-order chi connectivity index (χ0) is 9.90. The summed E-state index contributed by atoms with van der Waals surface area (Å²) in [5.74, 6) is -0.440. The lowest BCUT2D eigenvalue weighted by Crippen LogP contribution is -2.43. The molecule has 13 heavy (non-hydrogen) atoms. The molecule has 0 radical (unpaired) electrons. The molecule has 1 unspecified atom stereocenters. The Labute approximate surface area is 80.7 Å². The zero-order valence-corrected chi connectivity index (χ0v) is 8.43. The van der Waals surface area contributed by atoms with Gasteiger partial charge in [-0.05, 0) is 13.8 Å². The van der Waals surface area contributed by atoms with Gasteiger partial charge < -0.3 is 10.5 Å². The smallest absolute Gasteiger partial charge is 0.332 e. The first-order valence-corrected chi connectivity index (χ1v) is 4.83. The third kappa shape index (κ3) is 2.05. The molecule has 2 N–H and O–H groups in total. The van der Waals surface area contributed by atoms with E-state index >= 15 is 0 Å². The minimum Gasteiger partial charge on any atom is -0.464 e. The van der Waals surface area contributed by atoms with Crippen molar-refractivity contribution in [1.29, 1.82) is 0 Å². The summed E-state index contributed by atoms with van der Waals surface area (Å²) in [5.41, 5.74) is 4.66. The van der Waals surface area contributed by atoms with Gasteiger partial charge in [0.2, 0.25) is 0 Å². The van der Waals surface area contributed by atoms with E-state index in [0.717, 1.165) is 0 Å². The maximum Gasteiger partial charge on any atom is 0.332 e. The molecule has 0 bridgehead atoms. The highest BCUT2D eigenvalue weighted by atomic mass is 32.1. The lowest BCUT2D eigenvalue weighted by Gasteiger charge is -2.18. The van der Waals surface area contributed by atoms with Crippen LogP contribution in [0.3, 0.4) is 0 Å². The first kappa shape index (κ1) is 10.1. The third-order valence-corrected chi connectivity index (χ3v) is 2.59. The highest BCUT2D eigenvalue weighted by molar-refractivity contribution is 7.09. The Bertz CT molecular complexity index is 282. The number of ether oxygens (including phenoxy) is 1. The Morgan fingerprint density at radius 2 is 2.54 bits per heavy atom. The van der Waals surface area contributed by atoms with E-state index in [1.54, 1.807) is 25.4 Å². The standard InChI is InChI=1S/C8H12N2O2S/c1-3-12-7(11)8(2,9)6-10-4-5-13-6/h4-5H,3,9H2,1-2H3. The normalized spacial score (nSPS) is 15.0. The predicted molar refractivity (Wildman–Crippen MR) is 50.3 cm³/mol. The van der Waals surface area contributed by atoms with E-state index in [9.17, 15) is 4.79 Å². The number of carbonyl (C=O) groups excluding carboxylic acids is 1. The van der Waals surface area contributed by atoms with E-state index in [1.807, 2.05) is 0 Å². The number of nitrogens with two attached hydrogens (primary N) is 1. The highest BCUT2D eigenvalue weighted by Gasteiger charge is 2.34. The molecule has 1 aromatic rings. The lowest BCUT2D eigenvalue weighted by atomic mass is 10.1. The molecule has 4 nitrogen and oxygen atoms in total. The first-order chi connectivity index (χ1) is 6.09. The fraction of sp³-hybridized carbons (Fsp3) is 0.500. The number of thiazole rings is 1. The second kappa shape index (κ2) is 3.85. The number of esters is 1. The molecule has 1 rings (SSSR count).